The van der Waals surface area contributed by atoms with Crippen LogP contribution >= 0.6 is 24.0 Å². The Morgan fingerprint density at radius 2 is 2.32 bits per heavy atom. The van der Waals surface area contributed by atoms with Crippen molar-refractivity contribution in [2.45, 2.75) is 25.3 Å². The van der Waals surface area contributed by atoms with E-state index in [1.54, 1.807) is 0 Å². The van der Waals surface area contributed by atoms with Gasteiger partial charge in [-0.3, -0.25) is 4.79 Å². The van der Waals surface area contributed by atoms with Crippen LogP contribution in [0.15, 0.2) is 24.3 Å². The zero-order valence-corrected chi connectivity index (χ0v) is 12.6. The van der Waals surface area contributed by atoms with Gasteiger partial charge in [0.25, 0.3) is 0 Å². The lowest BCUT2D eigenvalue weighted by Crippen LogP contribution is -2.32. The Morgan fingerprint density at radius 1 is 1.53 bits per heavy atom. The molecule has 1 amide bonds. The topological polar surface area (TPSA) is 32.3 Å². The van der Waals surface area contributed by atoms with E-state index in [1.165, 1.54) is 0 Å². The van der Waals surface area contributed by atoms with Crippen molar-refractivity contribution in [1.29, 1.82) is 0 Å². The molecular weight excluding hydrogens is 283 g/mol. The van der Waals surface area contributed by atoms with Gasteiger partial charge in [-0.15, -0.1) is 12.4 Å². The fourth-order valence-electron chi connectivity index (χ4n) is 2.50. The summed E-state index contributed by atoms with van der Waals surface area (Å²) >= 11 is 6.02. The van der Waals surface area contributed by atoms with Gasteiger partial charge in [0, 0.05) is 24.5 Å². The van der Waals surface area contributed by atoms with Crippen molar-refractivity contribution < 1.29 is 4.79 Å². The van der Waals surface area contributed by atoms with Crippen molar-refractivity contribution in [2.24, 2.45) is 0 Å². The molecule has 0 aromatic heterocycles. The number of carbonyl (C=O) groups excluding carboxylic acids is 1. The molecule has 1 heterocycles. The first kappa shape index (κ1) is 16.3. The van der Waals surface area contributed by atoms with Crippen molar-refractivity contribution in [3.8, 4) is 0 Å². The maximum absolute atomic E-state index is 12.1. The second-order valence-electron chi connectivity index (χ2n) is 4.65. The number of hydrogen-bond donors (Lipinski definition) is 1. The molecule has 1 unspecified atom stereocenters. The van der Waals surface area contributed by atoms with E-state index in [0.29, 0.717) is 6.42 Å². The zero-order chi connectivity index (χ0) is 13.0. The summed E-state index contributed by atoms with van der Waals surface area (Å²) in [6, 6.07) is 8.04. The number of nitrogens with zero attached hydrogens (tertiary/aromatic N) is 1. The second kappa shape index (κ2) is 7.73. The molecule has 1 aliphatic heterocycles. The first-order chi connectivity index (χ1) is 8.72. The molecule has 1 aromatic carbocycles. The fraction of sp³-hybridized carbons (Fsp3) is 0.500. The van der Waals surface area contributed by atoms with E-state index in [2.05, 4.69) is 11.4 Å². The lowest BCUT2D eigenvalue weighted by molar-refractivity contribution is -0.132. The highest BCUT2D eigenvalue weighted by Gasteiger charge is 2.29. The Labute approximate surface area is 125 Å². The molecule has 0 saturated carbocycles. The Bertz CT molecular complexity index is 426. The molecule has 1 aromatic rings. The van der Waals surface area contributed by atoms with Crippen molar-refractivity contribution >= 4 is 29.9 Å². The van der Waals surface area contributed by atoms with E-state index in [4.69, 9.17) is 11.6 Å². The molecule has 1 aliphatic rings. The van der Waals surface area contributed by atoms with Crippen LogP contribution in [0.2, 0.25) is 5.02 Å². The minimum absolute atomic E-state index is 0. The summed E-state index contributed by atoms with van der Waals surface area (Å²) < 4.78 is 0. The Morgan fingerprint density at radius 3 is 3.00 bits per heavy atom. The Hall–Kier alpha value is -0.770. The van der Waals surface area contributed by atoms with Gasteiger partial charge in [0.15, 0.2) is 0 Å². The number of amides is 1. The molecule has 19 heavy (non-hydrogen) atoms. The lowest BCUT2D eigenvalue weighted by Gasteiger charge is -2.25. The number of benzene rings is 1. The van der Waals surface area contributed by atoms with Gasteiger partial charge in [-0.25, -0.2) is 0 Å². The molecule has 1 N–H and O–H groups in total. The molecule has 106 valence electrons. The SMILES string of the molecule is CNCCC(=O)N1CCCC1c1cccc(Cl)c1.Cl. The summed E-state index contributed by atoms with van der Waals surface area (Å²) in [6.45, 7) is 1.59. The monoisotopic (exact) mass is 302 g/mol. The third-order valence-electron chi connectivity index (χ3n) is 3.40. The van der Waals surface area contributed by atoms with E-state index < -0.39 is 0 Å². The van der Waals surface area contributed by atoms with Crippen molar-refractivity contribution in [3.05, 3.63) is 34.9 Å². The molecule has 3 nitrogen and oxygen atoms in total. The summed E-state index contributed by atoms with van der Waals surface area (Å²) in [6.07, 6.45) is 2.67. The lowest BCUT2D eigenvalue weighted by atomic mass is 10.0. The summed E-state index contributed by atoms with van der Waals surface area (Å²) in [5, 5.41) is 3.76. The normalized spacial score (nSPS) is 18.2. The Balaban J connectivity index is 0.00000180. The van der Waals surface area contributed by atoms with E-state index in [1.807, 2.05) is 30.1 Å². The maximum atomic E-state index is 12.1. The van der Waals surface area contributed by atoms with Gasteiger partial charge in [0.05, 0.1) is 6.04 Å². The summed E-state index contributed by atoms with van der Waals surface area (Å²) in [4.78, 5) is 14.1. The number of hydrogen-bond acceptors (Lipinski definition) is 2. The Kier molecular flexibility index (Phi) is 6.63. The summed E-state index contributed by atoms with van der Waals surface area (Å²) in [5.74, 6) is 0.229. The van der Waals surface area contributed by atoms with Gasteiger partial charge in [0.1, 0.15) is 0 Å². The number of halogens is 2. The quantitative estimate of drug-likeness (QED) is 0.927. The van der Waals surface area contributed by atoms with E-state index in [-0.39, 0.29) is 24.4 Å². The average Bonchev–Trinajstić information content (AvgIpc) is 2.85. The highest BCUT2D eigenvalue weighted by atomic mass is 35.5. The molecule has 0 radical (unpaired) electrons. The molecule has 2 rings (SSSR count). The van der Waals surface area contributed by atoms with E-state index in [0.717, 1.165) is 36.5 Å². The minimum Gasteiger partial charge on any atom is -0.336 e. The summed E-state index contributed by atoms with van der Waals surface area (Å²) in [5.41, 5.74) is 1.15. The van der Waals surface area contributed by atoms with Crippen LogP contribution in [-0.4, -0.2) is 30.9 Å². The predicted molar refractivity (Wildman–Crippen MR) is 80.9 cm³/mol. The first-order valence-electron chi connectivity index (χ1n) is 6.42. The predicted octanol–water partition coefficient (Wildman–Crippen LogP) is 3.03. The van der Waals surface area contributed by atoms with Crippen LogP contribution in [0.1, 0.15) is 30.9 Å². The van der Waals surface area contributed by atoms with Gasteiger partial charge in [-0.2, -0.15) is 0 Å². The number of nitrogens with one attached hydrogen (secondary N) is 1. The van der Waals surface area contributed by atoms with Crippen LogP contribution in [0.25, 0.3) is 0 Å². The average molecular weight is 303 g/mol. The van der Waals surface area contributed by atoms with Crippen molar-refractivity contribution in [3.63, 3.8) is 0 Å². The number of rotatable bonds is 4. The molecular formula is C14H20Cl2N2O. The van der Waals surface area contributed by atoms with Gasteiger partial charge in [-0.05, 0) is 37.6 Å². The summed E-state index contributed by atoms with van der Waals surface area (Å²) in [7, 11) is 1.87. The number of carbonyl (C=O) groups is 1. The highest BCUT2D eigenvalue weighted by Crippen LogP contribution is 2.33. The molecule has 1 saturated heterocycles. The van der Waals surface area contributed by atoms with Crippen LogP contribution < -0.4 is 5.32 Å². The first-order valence-corrected chi connectivity index (χ1v) is 6.79. The molecule has 1 atom stereocenters. The third-order valence-corrected chi connectivity index (χ3v) is 3.63. The second-order valence-corrected chi connectivity index (χ2v) is 5.09. The van der Waals surface area contributed by atoms with Crippen molar-refractivity contribution in [2.75, 3.05) is 20.1 Å². The van der Waals surface area contributed by atoms with Gasteiger partial charge < -0.3 is 10.2 Å². The van der Waals surface area contributed by atoms with E-state index in [9.17, 15) is 4.79 Å². The smallest absolute Gasteiger partial charge is 0.224 e. The third kappa shape index (κ3) is 4.10. The van der Waals surface area contributed by atoms with E-state index >= 15 is 0 Å². The van der Waals surface area contributed by atoms with Crippen LogP contribution in [0.5, 0.6) is 0 Å². The van der Waals surface area contributed by atoms with Gasteiger partial charge in [-0.1, -0.05) is 23.7 Å². The zero-order valence-electron chi connectivity index (χ0n) is 11.1. The fourth-order valence-corrected chi connectivity index (χ4v) is 2.70. The molecule has 1 fully saturated rings. The minimum atomic E-state index is 0. The molecule has 0 aliphatic carbocycles. The van der Waals surface area contributed by atoms with Crippen LogP contribution in [-0.2, 0) is 4.79 Å². The molecule has 5 heteroatoms. The van der Waals surface area contributed by atoms with Crippen LogP contribution in [0, 0.1) is 0 Å². The molecule has 0 bridgehead atoms. The van der Waals surface area contributed by atoms with Gasteiger partial charge in [0.2, 0.25) is 5.91 Å². The maximum Gasteiger partial charge on any atom is 0.224 e. The number of likely N-dealkylation sites (tertiary alicyclic amines) is 1. The largest absolute Gasteiger partial charge is 0.336 e. The standard InChI is InChI=1S/C14H19ClN2O.ClH/c1-16-8-7-14(18)17-9-3-6-13(17)11-4-2-5-12(15)10-11;/h2,4-5,10,13,16H,3,6-9H2,1H3;1H. The van der Waals surface area contributed by atoms with Crippen LogP contribution in [0.3, 0.4) is 0 Å². The van der Waals surface area contributed by atoms with Gasteiger partial charge >= 0.3 is 0 Å². The highest BCUT2D eigenvalue weighted by molar-refractivity contribution is 6.30. The van der Waals surface area contributed by atoms with Crippen LogP contribution in [0.4, 0.5) is 0 Å². The molecule has 0 spiro atoms. The van der Waals surface area contributed by atoms with Crippen molar-refractivity contribution in [1.82, 2.24) is 10.2 Å².